The summed E-state index contributed by atoms with van der Waals surface area (Å²) in [5, 5.41) is 0. The number of nitrogens with two attached hydrogens (primary N) is 1. The molecule has 1 fully saturated rings. The van der Waals surface area contributed by atoms with Crippen molar-refractivity contribution in [3.63, 3.8) is 0 Å². The summed E-state index contributed by atoms with van der Waals surface area (Å²) in [6.45, 7) is 3.79. The summed E-state index contributed by atoms with van der Waals surface area (Å²) >= 11 is 0. The molecular weight excluding hydrogens is 202 g/mol. The van der Waals surface area contributed by atoms with Crippen molar-refractivity contribution in [1.82, 2.24) is 0 Å². The number of unbranched alkanes of at least 4 members (excludes halogenated alkanes) is 2. The first-order valence-corrected chi connectivity index (χ1v) is 6.84. The smallest absolute Gasteiger partial charge is 0.157 e. The first kappa shape index (κ1) is 13.9. The predicted octanol–water partition coefficient (Wildman–Crippen LogP) is 2.83. The molecule has 0 radical (unpaired) electrons. The number of rotatable bonds is 8. The van der Waals surface area contributed by atoms with E-state index in [0.29, 0.717) is 12.6 Å². The van der Waals surface area contributed by atoms with Crippen LogP contribution in [0.3, 0.4) is 0 Å². The summed E-state index contributed by atoms with van der Waals surface area (Å²) in [4.78, 5) is 0. The second-order valence-corrected chi connectivity index (χ2v) is 4.63. The Morgan fingerprint density at radius 1 is 1.31 bits per heavy atom. The van der Waals surface area contributed by atoms with Gasteiger partial charge in [-0.2, -0.15) is 0 Å². The molecule has 0 saturated carbocycles. The van der Waals surface area contributed by atoms with Crippen LogP contribution in [0.4, 0.5) is 0 Å². The molecule has 0 aromatic heterocycles. The van der Waals surface area contributed by atoms with Gasteiger partial charge in [0.25, 0.3) is 0 Å². The summed E-state index contributed by atoms with van der Waals surface area (Å²) in [5.41, 5.74) is 5.62. The van der Waals surface area contributed by atoms with E-state index in [-0.39, 0.29) is 6.29 Å². The van der Waals surface area contributed by atoms with E-state index in [1.807, 2.05) is 0 Å². The molecule has 96 valence electrons. The predicted molar refractivity (Wildman–Crippen MR) is 66.3 cm³/mol. The molecular formula is C13H27NO2. The summed E-state index contributed by atoms with van der Waals surface area (Å²) in [6, 6.07) is 0. The molecule has 1 rings (SSSR count). The van der Waals surface area contributed by atoms with E-state index in [0.717, 1.165) is 25.9 Å². The monoisotopic (exact) mass is 229 g/mol. The van der Waals surface area contributed by atoms with Crippen molar-refractivity contribution in [1.29, 1.82) is 0 Å². The highest BCUT2D eigenvalue weighted by Gasteiger charge is 2.18. The Kier molecular flexibility index (Phi) is 7.81. The lowest BCUT2D eigenvalue weighted by molar-refractivity contribution is -0.190. The average Bonchev–Trinajstić information content (AvgIpc) is 2.31. The minimum atomic E-state index is 0.0342. The van der Waals surface area contributed by atoms with Crippen LogP contribution in [-0.4, -0.2) is 25.5 Å². The number of ether oxygens (including phenoxy) is 2. The maximum atomic E-state index is 5.98. The average molecular weight is 229 g/mol. The van der Waals surface area contributed by atoms with Crippen LogP contribution in [-0.2, 0) is 9.47 Å². The Bertz CT molecular complexity index is 158. The Balaban J connectivity index is 2.19. The fourth-order valence-electron chi connectivity index (χ4n) is 2.12. The third-order valence-corrected chi connectivity index (χ3v) is 3.10. The normalized spacial score (nSPS) is 23.2. The SMILES string of the molecule is CCCCCC(CCN)O[C@H]1CCCCO1. The molecule has 1 aliphatic rings. The molecule has 0 aromatic carbocycles. The highest BCUT2D eigenvalue weighted by atomic mass is 16.7. The van der Waals surface area contributed by atoms with E-state index in [9.17, 15) is 0 Å². The van der Waals surface area contributed by atoms with E-state index in [4.69, 9.17) is 15.2 Å². The summed E-state index contributed by atoms with van der Waals surface area (Å²) < 4.78 is 11.6. The maximum absolute atomic E-state index is 5.98. The van der Waals surface area contributed by atoms with Crippen LogP contribution in [0.15, 0.2) is 0 Å². The van der Waals surface area contributed by atoms with Gasteiger partial charge in [0.15, 0.2) is 6.29 Å². The largest absolute Gasteiger partial charge is 0.353 e. The van der Waals surface area contributed by atoms with E-state index in [2.05, 4.69) is 6.92 Å². The minimum absolute atomic E-state index is 0.0342. The topological polar surface area (TPSA) is 44.5 Å². The molecule has 2 N–H and O–H groups in total. The lowest BCUT2D eigenvalue weighted by Crippen LogP contribution is -2.29. The molecule has 1 aliphatic heterocycles. The molecule has 3 heteroatoms. The quantitative estimate of drug-likeness (QED) is 0.651. The molecule has 1 saturated heterocycles. The van der Waals surface area contributed by atoms with Gasteiger partial charge >= 0.3 is 0 Å². The van der Waals surface area contributed by atoms with Crippen molar-refractivity contribution in [3.8, 4) is 0 Å². The lowest BCUT2D eigenvalue weighted by atomic mass is 10.1. The van der Waals surface area contributed by atoms with Crippen LogP contribution in [0, 0.1) is 0 Å². The van der Waals surface area contributed by atoms with Crippen molar-refractivity contribution in [2.24, 2.45) is 5.73 Å². The highest BCUT2D eigenvalue weighted by molar-refractivity contribution is 4.63. The van der Waals surface area contributed by atoms with E-state index in [1.54, 1.807) is 0 Å². The second kappa shape index (κ2) is 8.97. The fourth-order valence-corrected chi connectivity index (χ4v) is 2.12. The van der Waals surface area contributed by atoms with Crippen LogP contribution < -0.4 is 5.73 Å². The number of hydrogen-bond donors (Lipinski definition) is 1. The van der Waals surface area contributed by atoms with E-state index in [1.165, 1.54) is 32.1 Å². The fraction of sp³-hybridized carbons (Fsp3) is 1.00. The maximum Gasteiger partial charge on any atom is 0.157 e. The zero-order chi connectivity index (χ0) is 11.6. The van der Waals surface area contributed by atoms with Crippen molar-refractivity contribution in [3.05, 3.63) is 0 Å². The van der Waals surface area contributed by atoms with Gasteiger partial charge in [-0.25, -0.2) is 0 Å². The molecule has 0 aromatic rings. The van der Waals surface area contributed by atoms with Crippen LogP contribution in [0.2, 0.25) is 0 Å². The van der Waals surface area contributed by atoms with Crippen LogP contribution in [0.25, 0.3) is 0 Å². The molecule has 1 heterocycles. The zero-order valence-electron chi connectivity index (χ0n) is 10.6. The highest BCUT2D eigenvalue weighted by Crippen LogP contribution is 2.19. The Morgan fingerprint density at radius 3 is 2.81 bits per heavy atom. The van der Waals surface area contributed by atoms with Crippen LogP contribution in [0.5, 0.6) is 0 Å². The van der Waals surface area contributed by atoms with Gasteiger partial charge in [-0.15, -0.1) is 0 Å². The minimum Gasteiger partial charge on any atom is -0.353 e. The molecule has 0 bridgehead atoms. The molecule has 1 unspecified atom stereocenters. The first-order chi connectivity index (χ1) is 7.86. The summed E-state index contributed by atoms with van der Waals surface area (Å²) in [7, 11) is 0. The third kappa shape index (κ3) is 5.83. The van der Waals surface area contributed by atoms with Gasteiger partial charge in [0.1, 0.15) is 0 Å². The second-order valence-electron chi connectivity index (χ2n) is 4.63. The molecule has 0 amide bonds. The van der Waals surface area contributed by atoms with Gasteiger partial charge in [0.05, 0.1) is 6.10 Å². The summed E-state index contributed by atoms with van der Waals surface area (Å²) in [5.74, 6) is 0. The zero-order valence-corrected chi connectivity index (χ0v) is 10.6. The van der Waals surface area contributed by atoms with Gasteiger partial charge in [0, 0.05) is 6.61 Å². The molecule has 0 aliphatic carbocycles. The van der Waals surface area contributed by atoms with E-state index >= 15 is 0 Å². The molecule has 0 spiro atoms. The summed E-state index contributed by atoms with van der Waals surface area (Å²) in [6.07, 6.45) is 9.68. The Morgan fingerprint density at radius 2 is 2.19 bits per heavy atom. The lowest BCUT2D eigenvalue weighted by Gasteiger charge is -2.27. The van der Waals surface area contributed by atoms with Gasteiger partial charge in [-0.1, -0.05) is 26.2 Å². The Hall–Kier alpha value is -0.120. The third-order valence-electron chi connectivity index (χ3n) is 3.10. The molecule has 2 atom stereocenters. The Labute approximate surface area is 99.7 Å². The standard InChI is InChI=1S/C13H27NO2/c1-2-3-4-7-12(9-10-14)16-13-8-5-6-11-15-13/h12-13H,2-11,14H2,1H3/t12?,13-/m0/s1. The van der Waals surface area contributed by atoms with E-state index < -0.39 is 0 Å². The van der Waals surface area contributed by atoms with Crippen molar-refractivity contribution in [2.75, 3.05) is 13.2 Å². The van der Waals surface area contributed by atoms with Gasteiger partial charge in [-0.05, 0) is 38.6 Å². The van der Waals surface area contributed by atoms with Gasteiger partial charge in [0.2, 0.25) is 0 Å². The van der Waals surface area contributed by atoms with Gasteiger partial charge in [-0.3, -0.25) is 0 Å². The molecule has 3 nitrogen and oxygen atoms in total. The van der Waals surface area contributed by atoms with Crippen molar-refractivity contribution >= 4 is 0 Å². The number of hydrogen-bond acceptors (Lipinski definition) is 3. The van der Waals surface area contributed by atoms with Crippen molar-refractivity contribution < 1.29 is 9.47 Å². The first-order valence-electron chi connectivity index (χ1n) is 6.84. The van der Waals surface area contributed by atoms with Crippen LogP contribution >= 0.6 is 0 Å². The molecule has 16 heavy (non-hydrogen) atoms. The van der Waals surface area contributed by atoms with Crippen LogP contribution in [0.1, 0.15) is 58.3 Å². The van der Waals surface area contributed by atoms with Gasteiger partial charge < -0.3 is 15.2 Å². The van der Waals surface area contributed by atoms with Crippen molar-refractivity contribution in [2.45, 2.75) is 70.7 Å².